The second-order valence-electron chi connectivity index (χ2n) is 13.0. The molecular weight excluding hydrogens is 768 g/mol. The van der Waals surface area contributed by atoms with E-state index in [0.717, 1.165) is 55.6 Å². The van der Waals surface area contributed by atoms with E-state index in [9.17, 15) is 18.0 Å². The Hall–Kier alpha value is -4.99. The minimum atomic E-state index is -3.65. The van der Waals surface area contributed by atoms with Crippen molar-refractivity contribution in [1.82, 2.24) is 24.7 Å². The van der Waals surface area contributed by atoms with Crippen LogP contribution in [-0.2, 0) is 24.0 Å². The second-order valence-corrected chi connectivity index (χ2v) is 14.6. The van der Waals surface area contributed by atoms with Gasteiger partial charge in [0.1, 0.15) is 22.9 Å². The number of nitrogens with zero attached hydrogens (tertiary/aromatic N) is 7. The third kappa shape index (κ3) is 13.3. The number of rotatable bonds is 11. The number of hydrogen-bond donors (Lipinski definition) is 6. The molecule has 4 heterocycles. The van der Waals surface area contributed by atoms with E-state index in [1.807, 2.05) is 52.0 Å². The zero-order chi connectivity index (χ0) is 40.3. The number of anilines is 2. The molecule has 0 saturated carbocycles. The average Bonchev–Trinajstić information content (AvgIpc) is 3.99. The number of carbonyl (C=O) groups excluding carboxylic acids is 2. The van der Waals surface area contributed by atoms with E-state index in [-0.39, 0.29) is 34.7 Å². The van der Waals surface area contributed by atoms with Gasteiger partial charge < -0.3 is 47.2 Å². The summed E-state index contributed by atoms with van der Waals surface area (Å²) < 4.78 is 27.6. The third-order valence-corrected chi connectivity index (χ3v) is 9.29. The fraction of sp³-hybridized carbons (Fsp3) is 0.361. The second kappa shape index (κ2) is 20.3. The zero-order valence-corrected chi connectivity index (χ0v) is 33.0. The first-order valence-corrected chi connectivity index (χ1v) is 18.6. The van der Waals surface area contributed by atoms with Crippen molar-refractivity contribution in [3.8, 4) is 0 Å². The van der Waals surface area contributed by atoms with E-state index in [1.165, 1.54) is 32.3 Å². The number of Topliss-reactive ketones (excluding diaryl/α,β-unsaturated/α-hetero) is 1. The van der Waals surface area contributed by atoms with Gasteiger partial charge in [0.2, 0.25) is 11.6 Å². The minimum Gasteiger partial charge on any atom is -0.394 e. The molecule has 0 atom stereocenters. The molecule has 3 aromatic rings. The van der Waals surface area contributed by atoms with E-state index >= 15 is 0 Å². The maximum atomic E-state index is 12.4. The summed E-state index contributed by atoms with van der Waals surface area (Å²) in [5.74, 6) is 0.697. The van der Waals surface area contributed by atoms with E-state index < -0.39 is 35.5 Å². The van der Waals surface area contributed by atoms with Gasteiger partial charge >= 0.3 is 10.1 Å². The highest BCUT2D eigenvalue weighted by atomic mass is 35.5. The molecule has 1 aliphatic carbocycles. The van der Waals surface area contributed by atoms with E-state index in [2.05, 4.69) is 19.5 Å². The Morgan fingerprint density at radius 2 is 1.34 bits per heavy atom. The molecule has 3 saturated heterocycles. The SMILES string of the molecule is Cc1ccc(S(=O)(=O)ON(C)C)cc1.Cl.NC(CO)(CO)CO.Nc1ccc(/N=N/c2ccccc2)c(N)n1.O=C1C=C(N2CC2)C(=O)C(N2CC2)=C1N1CC1. The molecule has 4 aliphatic rings. The maximum Gasteiger partial charge on any atom is 0.313 e. The molecule has 9 N–H and O–H groups in total. The van der Waals surface area contributed by atoms with Gasteiger partial charge in [-0.2, -0.15) is 22.9 Å². The van der Waals surface area contributed by atoms with Crippen LogP contribution in [-0.4, -0.2) is 139 Å². The summed E-state index contributed by atoms with van der Waals surface area (Å²) in [6, 6.07) is 19.2. The van der Waals surface area contributed by atoms with E-state index in [4.69, 9.17) is 32.5 Å². The number of allylic oxidation sites excluding steroid dienone is 1. The van der Waals surface area contributed by atoms with Gasteiger partial charge in [-0.3, -0.25) is 9.59 Å². The molecule has 20 heteroatoms. The monoisotopic (exact) mass is 816 g/mol. The normalized spacial score (nSPS) is 15.9. The van der Waals surface area contributed by atoms with Crippen molar-refractivity contribution >= 4 is 57.1 Å². The van der Waals surface area contributed by atoms with Crippen LogP contribution in [0.5, 0.6) is 0 Å². The molecule has 304 valence electrons. The number of aromatic nitrogens is 1. The van der Waals surface area contributed by atoms with Crippen LogP contribution in [0.4, 0.5) is 23.0 Å². The first-order chi connectivity index (χ1) is 26.1. The van der Waals surface area contributed by atoms with Crippen molar-refractivity contribution in [1.29, 1.82) is 0 Å². The van der Waals surface area contributed by atoms with Gasteiger partial charge in [0.25, 0.3) is 0 Å². The number of hydrogen-bond acceptors (Lipinski definition) is 18. The molecule has 3 fully saturated rings. The summed E-state index contributed by atoms with van der Waals surface area (Å²) >= 11 is 0. The Bertz CT molecular complexity index is 1990. The number of azo groups is 1. The number of carbonyl (C=O) groups is 2. The predicted octanol–water partition coefficient (Wildman–Crippen LogP) is 1.10. The summed E-state index contributed by atoms with van der Waals surface area (Å²) in [7, 11) is -0.611. The number of aliphatic hydroxyl groups excluding tert-OH is 3. The predicted molar refractivity (Wildman–Crippen MR) is 212 cm³/mol. The maximum absolute atomic E-state index is 12.4. The molecule has 3 aliphatic heterocycles. The lowest BCUT2D eigenvalue weighted by Gasteiger charge is -2.21. The van der Waals surface area contributed by atoms with Gasteiger partial charge in [-0.05, 0) is 43.3 Å². The number of pyridine rings is 1. The summed E-state index contributed by atoms with van der Waals surface area (Å²) in [6.07, 6.45) is 1.52. The van der Waals surface area contributed by atoms with Crippen LogP contribution in [0.2, 0.25) is 0 Å². The van der Waals surface area contributed by atoms with Gasteiger partial charge in [-0.1, -0.05) is 35.9 Å². The quantitative estimate of drug-likeness (QED) is 0.0685. The molecular formula is C36H49ClN10O8S. The smallest absolute Gasteiger partial charge is 0.313 e. The molecule has 0 unspecified atom stereocenters. The minimum absolute atomic E-state index is 0. The van der Waals surface area contributed by atoms with Crippen LogP contribution in [0, 0.1) is 6.92 Å². The highest BCUT2D eigenvalue weighted by Gasteiger charge is 2.43. The van der Waals surface area contributed by atoms with E-state index in [1.54, 1.807) is 24.3 Å². The lowest BCUT2D eigenvalue weighted by Crippen LogP contribution is -2.50. The number of nitrogen functional groups attached to an aromatic ring is 2. The number of aliphatic hydroxyl groups is 3. The Morgan fingerprint density at radius 3 is 1.80 bits per heavy atom. The Kier molecular flexibility index (Phi) is 16.4. The van der Waals surface area contributed by atoms with Gasteiger partial charge in [-0.25, -0.2) is 4.98 Å². The first kappa shape index (κ1) is 45.4. The molecule has 0 bridgehead atoms. The Labute approximate surface area is 332 Å². The average molecular weight is 817 g/mol. The number of nitrogens with two attached hydrogens (primary N) is 3. The largest absolute Gasteiger partial charge is 0.394 e. The Morgan fingerprint density at radius 1 is 0.804 bits per heavy atom. The number of benzene rings is 2. The number of halogens is 1. The zero-order valence-electron chi connectivity index (χ0n) is 31.4. The van der Waals surface area contributed by atoms with Crippen molar-refractivity contribution in [3.05, 3.63) is 95.5 Å². The van der Waals surface area contributed by atoms with Crippen molar-refractivity contribution < 1.29 is 37.6 Å². The van der Waals surface area contributed by atoms with Crippen molar-refractivity contribution in [3.63, 3.8) is 0 Å². The molecule has 0 amide bonds. The molecule has 2 aromatic carbocycles. The summed E-state index contributed by atoms with van der Waals surface area (Å²) in [4.78, 5) is 34.5. The van der Waals surface area contributed by atoms with Gasteiger partial charge in [0.15, 0.2) is 5.82 Å². The summed E-state index contributed by atoms with van der Waals surface area (Å²) in [5, 5.41) is 34.2. The van der Waals surface area contributed by atoms with Gasteiger partial charge in [0.05, 0.1) is 41.6 Å². The van der Waals surface area contributed by atoms with E-state index in [0.29, 0.717) is 28.6 Å². The number of hydroxylamine groups is 2. The molecule has 0 radical (unpaired) electrons. The van der Waals surface area contributed by atoms with Crippen molar-refractivity contribution in [2.24, 2.45) is 16.0 Å². The number of ketones is 2. The number of aryl methyl sites for hydroxylation is 1. The molecule has 7 rings (SSSR count). The highest BCUT2D eigenvalue weighted by molar-refractivity contribution is 7.86. The summed E-state index contributed by atoms with van der Waals surface area (Å²) in [6.45, 7) is 6.09. The highest BCUT2D eigenvalue weighted by Crippen LogP contribution is 2.34. The van der Waals surface area contributed by atoms with Crippen LogP contribution < -0.4 is 17.2 Å². The molecule has 18 nitrogen and oxygen atoms in total. The van der Waals surface area contributed by atoms with Crippen LogP contribution >= 0.6 is 12.4 Å². The third-order valence-electron chi connectivity index (χ3n) is 7.94. The molecule has 0 spiro atoms. The standard InChI is InChI=1S/C12H13N3O2.C11H11N5.C9H13NO3S.C4H11NO3.ClH/c16-9-7-8(13-1-2-13)12(17)11(15-5-6-15)10(9)14-3-4-14;12-10-7-6-9(11(13)14-10)16-15-8-4-2-1-3-5-8;1-8-4-6-9(7-5-8)14(11,12)13-10(2)3;5-4(1-6,2-7)3-8;/h7H,1-6H2;1-7H,(H4,12,13,14);4-7H,1-3H3;6-8H,1-3,5H2;1H/b;16-15+;;;. The molecule has 1 aromatic heterocycles. The van der Waals surface area contributed by atoms with Crippen LogP contribution in [0.3, 0.4) is 0 Å². The van der Waals surface area contributed by atoms with Gasteiger partial charge in [0, 0.05) is 59.4 Å². The van der Waals surface area contributed by atoms with Crippen LogP contribution in [0.25, 0.3) is 0 Å². The lowest BCUT2D eigenvalue weighted by atomic mass is 10.0. The van der Waals surface area contributed by atoms with Crippen molar-refractivity contribution in [2.45, 2.75) is 17.4 Å². The summed E-state index contributed by atoms with van der Waals surface area (Å²) in [5.41, 5.74) is 19.2. The lowest BCUT2D eigenvalue weighted by molar-refractivity contribution is -0.117. The fourth-order valence-corrected chi connectivity index (χ4v) is 5.49. The van der Waals surface area contributed by atoms with Crippen LogP contribution in [0.1, 0.15) is 5.56 Å². The van der Waals surface area contributed by atoms with Crippen LogP contribution in [0.15, 0.2) is 105 Å². The first-order valence-electron chi connectivity index (χ1n) is 17.2. The van der Waals surface area contributed by atoms with Gasteiger partial charge in [-0.15, -0.1) is 17.5 Å². The Balaban J connectivity index is 0.000000205. The molecule has 56 heavy (non-hydrogen) atoms. The fourth-order valence-electron chi connectivity index (χ4n) is 4.54. The topological polar surface area (TPSA) is 266 Å². The van der Waals surface area contributed by atoms with Crippen molar-refractivity contribution in [2.75, 3.05) is 84.7 Å².